The van der Waals surface area contributed by atoms with Crippen LogP contribution in [0.5, 0.6) is 0 Å². The van der Waals surface area contributed by atoms with Crippen LogP contribution in [0.15, 0.2) is 71.7 Å². The van der Waals surface area contributed by atoms with Gasteiger partial charge in [-0.15, -0.1) is 0 Å². The highest BCUT2D eigenvalue weighted by molar-refractivity contribution is 7.50. The largest absolute Gasteiger partial charge is 0.475 e. The Labute approximate surface area is 245 Å². The molecule has 0 N–H and O–H groups in total. The van der Waals surface area contributed by atoms with Crippen molar-refractivity contribution in [1.29, 1.82) is 0 Å². The van der Waals surface area contributed by atoms with E-state index in [1.165, 1.54) is 46.6 Å². The van der Waals surface area contributed by atoms with Gasteiger partial charge < -0.3 is 4.74 Å². The lowest BCUT2D eigenvalue weighted by Gasteiger charge is -2.32. The fourth-order valence-electron chi connectivity index (χ4n) is 5.02. The predicted molar refractivity (Wildman–Crippen MR) is 176 cm³/mol. The molecule has 1 aliphatic heterocycles. The normalized spacial score (nSPS) is 16.8. The van der Waals surface area contributed by atoms with E-state index in [0.717, 1.165) is 11.5 Å². The summed E-state index contributed by atoms with van der Waals surface area (Å²) in [4.78, 5) is 4.92. The van der Waals surface area contributed by atoms with Gasteiger partial charge in [0.05, 0.1) is 6.04 Å². The molecule has 1 atom stereocenters. The molecule has 0 aromatic heterocycles. The monoisotopic (exact) mass is 553 g/mol. The van der Waals surface area contributed by atoms with Crippen LogP contribution in [0.1, 0.15) is 110 Å². The Kier molecular flexibility index (Phi) is 8.54. The van der Waals surface area contributed by atoms with Crippen LogP contribution in [0.25, 0.3) is 0 Å². The third-order valence-corrected chi connectivity index (χ3v) is 9.13. The van der Waals surface area contributed by atoms with Crippen molar-refractivity contribution >= 4 is 24.7 Å². The second kappa shape index (κ2) is 11.3. The first-order valence-corrected chi connectivity index (χ1v) is 15.6. The summed E-state index contributed by atoms with van der Waals surface area (Å²) < 4.78 is 6.08. The van der Waals surface area contributed by atoms with E-state index in [0.29, 0.717) is 12.5 Å². The molecule has 0 fully saturated rings. The van der Waals surface area contributed by atoms with Gasteiger partial charge in [0, 0.05) is 16.2 Å². The zero-order valence-corrected chi connectivity index (χ0v) is 27.4. The van der Waals surface area contributed by atoms with Crippen molar-refractivity contribution in [1.82, 2.24) is 0 Å². The quantitative estimate of drug-likeness (QED) is 0.289. The number of aliphatic imine (C=N–C) groups is 1. The van der Waals surface area contributed by atoms with Crippen LogP contribution in [0.3, 0.4) is 0 Å². The fourth-order valence-corrected chi connectivity index (χ4v) is 6.83. The van der Waals surface area contributed by atoms with Gasteiger partial charge in [-0.1, -0.05) is 139 Å². The lowest BCUT2D eigenvalue weighted by Crippen LogP contribution is -2.30. The summed E-state index contributed by atoms with van der Waals surface area (Å²) in [5, 5.41) is 2.73. The molecule has 0 spiro atoms. The molecule has 0 saturated carbocycles. The van der Waals surface area contributed by atoms with E-state index in [2.05, 4.69) is 143 Å². The van der Waals surface area contributed by atoms with E-state index >= 15 is 0 Å². The molecular weight excluding hydrogens is 505 g/mol. The SMILES string of the molecule is CC(C)[C@H]1COC(c2cccc(C(=Pc3c(C(C)(C)C)cc(C(C)(C)C)cc3C(C)(C)C)c3ccccc3)c2)=N1. The highest BCUT2D eigenvalue weighted by Crippen LogP contribution is 2.36. The van der Waals surface area contributed by atoms with E-state index in [9.17, 15) is 0 Å². The van der Waals surface area contributed by atoms with Crippen LogP contribution >= 0.6 is 8.20 Å². The van der Waals surface area contributed by atoms with Crippen LogP contribution in [0.4, 0.5) is 0 Å². The summed E-state index contributed by atoms with van der Waals surface area (Å²) in [6.07, 6.45) is 0. The maximum atomic E-state index is 6.08. The summed E-state index contributed by atoms with van der Waals surface area (Å²) >= 11 is 0. The molecule has 3 aromatic carbocycles. The lowest BCUT2D eigenvalue weighted by atomic mass is 9.75. The smallest absolute Gasteiger partial charge is 0.216 e. The van der Waals surface area contributed by atoms with Crippen LogP contribution in [-0.2, 0) is 21.0 Å². The van der Waals surface area contributed by atoms with Crippen molar-refractivity contribution in [2.45, 2.75) is 98.4 Å². The molecule has 3 aromatic rings. The average Bonchev–Trinajstić information content (AvgIpc) is 3.37. The molecule has 0 amide bonds. The van der Waals surface area contributed by atoms with Crippen LogP contribution in [0.2, 0.25) is 0 Å². The molecule has 0 radical (unpaired) electrons. The average molecular weight is 554 g/mol. The maximum absolute atomic E-state index is 6.08. The van der Waals surface area contributed by atoms with Gasteiger partial charge in [-0.05, 0) is 62.1 Å². The standard InChI is InChI=1S/C37H48NOP/c1-24(2)31-23-39-34(38-31)27-19-15-18-26(20-27)32(25-16-13-12-14-17-25)40-33-29(36(6,7)8)21-28(35(3,4)5)22-30(33)37(9,10)11/h12-22,24,31H,23H2,1-11H3/t31-/m1/s1. The summed E-state index contributed by atoms with van der Waals surface area (Å²) in [6, 6.07) is 24.8. The van der Waals surface area contributed by atoms with Crippen molar-refractivity contribution < 1.29 is 4.74 Å². The number of ether oxygens (including phenoxy) is 1. The number of hydrogen-bond donors (Lipinski definition) is 0. The van der Waals surface area contributed by atoms with Gasteiger partial charge in [0.2, 0.25) is 5.90 Å². The number of benzene rings is 3. The first-order valence-electron chi connectivity index (χ1n) is 14.7. The second-order valence-corrected chi connectivity index (χ2v) is 15.8. The van der Waals surface area contributed by atoms with E-state index in [-0.39, 0.29) is 22.3 Å². The van der Waals surface area contributed by atoms with Gasteiger partial charge in [-0.2, -0.15) is 0 Å². The second-order valence-electron chi connectivity index (χ2n) is 14.6. The third kappa shape index (κ3) is 6.77. The molecule has 2 nitrogen and oxygen atoms in total. The van der Waals surface area contributed by atoms with Crippen LogP contribution in [0, 0.1) is 5.92 Å². The molecule has 212 valence electrons. The highest BCUT2D eigenvalue weighted by atomic mass is 31.1. The zero-order valence-electron chi connectivity index (χ0n) is 26.5. The first kappa shape index (κ1) is 30.3. The number of rotatable bonds is 5. The molecule has 3 heteroatoms. The zero-order chi connectivity index (χ0) is 29.5. The van der Waals surface area contributed by atoms with Crippen molar-refractivity contribution in [3.63, 3.8) is 0 Å². The minimum atomic E-state index is 0.00547. The molecule has 0 unspecified atom stereocenters. The maximum Gasteiger partial charge on any atom is 0.216 e. The molecule has 1 aliphatic rings. The Bertz CT molecular complexity index is 1370. The summed E-state index contributed by atoms with van der Waals surface area (Å²) in [5.74, 6) is 1.23. The fraction of sp³-hybridized carbons (Fsp3) is 0.459. The topological polar surface area (TPSA) is 21.6 Å². The van der Waals surface area contributed by atoms with Gasteiger partial charge in [-0.3, -0.25) is 0 Å². The van der Waals surface area contributed by atoms with E-state index in [1.54, 1.807) is 0 Å². The molecule has 1 heterocycles. The van der Waals surface area contributed by atoms with Gasteiger partial charge in [0.1, 0.15) is 6.61 Å². The van der Waals surface area contributed by atoms with Crippen molar-refractivity contribution in [2.75, 3.05) is 6.61 Å². The first-order chi connectivity index (χ1) is 18.6. The third-order valence-electron chi connectivity index (χ3n) is 7.69. The predicted octanol–water partition coefficient (Wildman–Crippen LogP) is 9.22. The van der Waals surface area contributed by atoms with Crippen molar-refractivity contribution in [2.24, 2.45) is 10.9 Å². The number of nitrogens with zero attached hydrogens (tertiary/aromatic N) is 1. The van der Waals surface area contributed by atoms with Gasteiger partial charge in [0.15, 0.2) is 0 Å². The summed E-state index contributed by atoms with van der Waals surface area (Å²) in [7, 11) is 1.21. The molecule has 4 rings (SSSR count). The Morgan fingerprint density at radius 1 is 0.750 bits per heavy atom. The van der Waals surface area contributed by atoms with E-state index < -0.39 is 0 Å². The Morgan fingerprint density at radius 2 is 1.32 bits per heavy atom. The van der Waals surface area contributed by atoms with E-state index in [4.69, 9.17) is 9.73 Å². The minimum Gasteiger partial charge on any atom is -0.475 e. The Morgan fingerprint density at radius 3 is 1.82 bits per heavy atom. The Balaban J connectivity index is 2.00. The molecule has 0 saturated heterocycles. The highest BCUT2D eigenvalue weighted by Gasteiger charge is 2.29. The van der Waals surface area contributed by atoms with Crippen LogP contribution in [-0.4, -0.2) is 23.8 Å². The molecule has 40 heavy (non-hydrogen) atoms. The van der Waals surface area contributed by atoms with Crippen LogP contribution < -0.4 is 5.30 Å². The van der Waals surface area contributed by atoms with Gasteiger partial charge >= 0.3 is 0 Å². The molecule has 0 aliphatic carbocycles. The number of hydrogen-bond acceptors (Lipinski definition) is 2. The molecule has 0 bridgehead atoms. The summed E-state index contributed by atoms with van der Waals surface area (Å²) in [5.41, 5.74) is 7.86. The van der Waals surface area contributed by atoms with Gasteiger partial charge in [-0.25, -0.2) is 4.99 Å². The van der Waals surface area contributed by atoms with Crippen molar-refractivity contribution in [3.05, 3.63) is 100 Å². The minimum absolute atomic E-state index is 0.00547. The Hall–Kier alpha value is -2.70. The molecular formula is C37H48NOP. The van der Waals surface area contributed by atoms with E-state index in [1.807, 2.05) is 0 Å². The summed E-state index contributed by atoms with van der Waals surface area (Å²) in [6.45, 7) is 26.2. The van der Waals surface area contributed by atoms with Crippen molar-refractivity contribution in [3.8, 4) is 0 Å². The lowest BCUT2D eigenvalue weighted by molar-refractivity contribution is 0.292. The van der Waals surface area contributed by atoms with Gasteiger partial charge in [0.25, 0.3) is 0 Å².